The number of fused-ring (bicyclic) bond motifs is 3. The maximum atomic E-state index is 12.6. The Morgan fingerprint density at radius 2 is 1.64 bits per heavy atom. The molecule has 33 heavy (non-hydrogen) atoms. The molecular weight excluding hydrogens is 440 g/mol. The molecule has 1 aliphatic carbocycles. The van der Waals surface area contributed by atoms with Gasteiger partial charge in [-0.3, -0.25) is 9.59 Å². The highest BCUT2D eigenvalue weighted by atomic mass is 32.2. The Morgan fingerprint density at radius 1 is 1.03 bits per heavy atom. The number of hydrogen-bond donors (Lipinski definition) is 3. The fourth-order valence-corrected chi connectivity index (χ4v) is 4.80. The van der Waals surface area contributed by atoms with Crippen LogP contribution in [-0.2, 0) is 14.3 Å². The first-order chi connectivity index (χ1) is 15.9. The quantitative estimate of drug-likeness (QED) is 0.429. The fourth-order valence-electron chi connectivity index (χ4n) is 3.99. The third kappa shape index (κ3) is 6.51. The zero-order chi connectivity index (χ0) is 23.8. The molecule has 0 aromatic heterocycles. The molecular formula is C25H30N2O5S. The molecule has 1 aliphatic rings. The minimum Gasteiger partial charge on any atom is -0.481 e. The van der Waals surface area contributed by atoms with Crippen molar-refractivity contribution in [3.05, 3.63) is 59.7 Å². The summed E-state index contributed by atoms with van der Waals surface area (Å²) < 4.78 is 5.46. The number of carbonyl (C=O) groups excluding carboxylic acids is 2. The predicted molar refractivity (Wildman–Crippen MR) is 129 cm³/mol. The van der Waals surface area contributed by atoms with Crippen LogP contribution in [0.3, 0.4) is 0 Å². The van der Waals surface area contributed by atoms with E-state index in [1.165, 1.54) is 0 Å². The summed E-state index contributed by atoms with van der Waals surface area (Å²) in [4.78, 5) is 36.4. The van der Waals surface area contributed by atoms with Crippen LogP contribution < -0.4 is 10.6 Å². The van der Waals surface area contributed by atoms with Crippen LogP contribution in [0.2, 0.25) is 0 Å². The number of rotatable bonds is 11. The van der Waals surface area contributed by atoms with Gasteiger partial charge in [0.2, 0.25) is 5.91 Å². The topological polar surface area (TPSA) is 105 Å². The summed E-state index contributed by atoms with van der Waals surface area (Å²) >= 11 is 1.77. The van der Waals surface area contributed by atoms with Gasteiger partial charge in [0.15, 0.2) is 0 Å². The van der Waals surface area contributed by atoms with Crippen LogP contribution in [0.15, 0.2) is 48.5 Å². The van der Waals surface area contributed by atoms with Crippen molar-refractivity contribution in [2.45, 2.75) is 44.7 Å². The van der Waals surface area contributed by atoms with E-state index >= 15 is 0 Å². The normalized spacial score (nSPS) is 14.0. The van der Waals surface area contributed by atoms with Crippen molar-refractivity contribution >= 4 is 29.7 Å². The summed E-state index contributed by atoms with van der Waals surface area (Å²) in [7, 11) is 0. The number of amides is 2. The van der Waals surface area contributed by atoms with Crippen LogP contribution in [0.1, 0.15) is 43.7 Å². The number of aliphatic carboxylic acids is 1. The van der Waals surface area contributed by atoms with Crippen LogP contribution in [0.5, 0.6) is 0 Å². The summed E-state index contributed by atoms with van der Waals surface area (Å²) in [5.41, 5.74) is 4.37. The molecule has 0 spiro atoms. The SMILES string of the molecule is CCSCCC(C)NC(=O)C(CC(=O)O)NC(=O)OCC1c2ccccc2-c2ccccc21. The minimum absolute atomic E-state index is 0.0892. The third-order valence-corrected chi connectivity index (χ3v) is 6.55. The van der Waals surface area contributed by atoms with E-state index in [9.17, 15) is 19.5 Å². The van der Waals surface area contributed by atoms with Crippen molar-refractivity contribution in [2.75, 3.05) is 18.1 Å². The lowest BCUT2D eigenvalue weighted by atomic mass is 9.98. The number of carbonyl (C=O) groups is 3. The number of carboxylic acid groups (broad SMARTS) is 1. The van der Waals surface area contributed by atoms with E-state index in [2.05, 4.69) is 17.6 Å². The van der Waals surface area contributed by atoms with E-state index in [1.54, 1.807) is 11.8 Å². The third-order valence-electron chi connectivity index (χ3n) is 5.62. The molecule has 2 aromatic rings. The monoisotopic (exact) mass is 470 g/mol. The molecule has 0 aliphatic heterocycles. The first-order valence-electron chi connectivity index (χ1n) is 11.1. The number of benzene rings is 2. The van der Waals surface area contributed by atoms with E-state index in [-0.39, 0.29) is 18.6 Å². The molecule has 3 rings (SSSR count). The zero-order valence-corrected chi connectivity index (χ0v) is 19.7. The van der Waals surface area contributed by atoms with E-state index in [1.807, 2.05) is 55.5 Å². The van der Waals surface area contributed by atoms with Gasteiger partial charge in [0, 0.05) is 12.0 Å². The Bertz CT molecular complexity index is 951. The minimum atomic E-state index is -1.21. The van der Waals surface area contributed by atoms with Gasteiger partial charge in [-0.25, -0.2) is 4.79 Å². The standard InChI is InChI=1S/C25H30N2O5S/c1-3-33-13-12-16(2)26-24(30)22(14-23(28)29)27-25(31)32-15-21-19-10-6-4-8-17(19)18-9-5-7-11-20(18)21/h4-11,16,21-22H,3,12-15H2,1-2H3,(H,26,30)(H,27,31)(H,28,29). The van der Waals surface area contributed by atoms with E-state index in [0.29, 0.717) is 0 Å². The van der Waals surface area contributed by atoms with Crippen LogP contribution in [0.4, 0.5) is 4.79 Å². The van der Waals surface area contributed by atoms with Crippen molar-refractivity contribution in [3.8, 4) is 11.1 Å². The van der Waals surface area contributed by atoms with Crippen LogP contribution in [0.25, 0.3) is 11.1 Å². The summed E-state index contributed by atoms with van der Waals surface area (Å²) in [5.74, 6) is 0.0571. The molecule has 7 nitrogen and oxygen atoms in total. The van der Waals surface area contributed by atoms with Crippen LogP contribution >= 0.6 is 11.8 Å². The van der Waals surface area contributed by atoms with Crippen molar-refractivity contribution in [1.29, 1.82) is 0 Å². The van der Waals surface area contributed by atoms with Gasteiger partial charge in [-0.2, -0.15) is 11.8 Å². The lowest BCUT2D eigenvalue weighted by Gasteiger charge is -2.21. The van der Waals surface area contributed by atoms with Crippen LogP contribution in [0, 0.1) is 0 Å². The highest BCUT2D eigenvalue weighted by Gasteiger charge is 2.30. The fraction of sp³-hybridized carbons (Fsp3) is 0.400. The van der Waals surface area contributed by atoms with Gasteiger partial charge in [-0.05, 0) is 47.1 Å². The largest absolute Gasteiger partial charge is 0.481 e. The van der Waals surface area contributed by atoms with E-state index < -0.39 is 30.4 Å². The number of alkyl carbamates (subject to hydrolysis) is 1. The predicted octanol–water partition coefficient (Wildman–Crippen LogP) is 4.02. The molecule has 0 heterocycles. The van der Waals surface area contributed by atoms with Gasteiger partial charge in [0.05, 0.1) is 6.42 Å². The van der Waals surface area contributed by atoms with Gasteiger partial charge in [0.1, 0.15) is 12.6 Å². The summed E-state index contributed by atoms with van der Waals surface area (Å²) in [5, 5.41) is 14.4. The molecule has 2 amide bonds. The lowest BCUT2D eigenvalue weighted by molar-refractivity contribution is -0.140. The van der Waals surface area contributed by atoms with Gasteiger partial charge >= 0.3 is 12.1 Å². The lowest BCUT2D eigenvalue weighted by Crippen LogP contribution is -2.50. The molecule has 0 radical (unpaired) electrons. The molecule has 2 unspecified atom stereocenters. The maximum Gasteiger partial charge on any atom is 0.407 e. The van der Waals surface area contributed by atoms with Gasteiger partial charge in [0.25, 0.3) is 0 Å². The van der Waals surface area contributed by atoms with Crippen molar-refractivity contribution in [3.63, 3.8) is 0 Å². The molecule has 2 atom stereocenters. The average Bonchev–Trinajstić information content (AvgIpc) is 3.11. The van der Waals surface area contributed by atoms with E-state index in [4.69, 9.17) is 4.74 Å². The molecule has 176 valence electrons. The second-order valence-corrected chi connectivity index (χ2v) is 9.41. The number of thioether (sulfide) groups is 1. The van der Waals surface area contributed by atoms with E-state index in [0.717, 1.165) is 40.2 Å². The molecule has 0 saturated carbocycles. The highest BCUT2D eigenvalue weighted by molar-refractivity contribution is 7.99. The zero-order valence-electron chi connectivity index (χ0n) is 18.9. The Labute approximate surface area is 198 Å². The molecule has 2 aromatic carbocycles. The van der Waals surface area contributed by atoms with Crippen molar-refractivity contribution < 1.29 is 24.2 Å². The van der Waals surface area contributed by atoms with Gasteiger partial charge in [-0.15, -0.1) is 0 Å². The molecule has 0 fully saturated rings. The first kappa shape index (κ1) is 24.6. The smallest absolute Gasteiger partial charge is 0.407 e. The number of hydrogen-bond acceptors (Lipinski definition) is 5. The summed E-state index contributed by atoms with van der Waals surface area (Å²) in [6.45, 7) is 4.01. The Balaban J connectivity index is 1.60. The molecule has 0 saturated heterocycles. The van der Waals surface area contributed by atoms with Crippen molar-refractivity contribution in [2.24, 2.45) is 0 Å². The summed E-state index contributed by atoms with van der Waals surface area (Å²) in [6, 6.07) is 14.6. The average molecular weight is 471 g/mol. The van der Waals surface area contributed by atoms with Crippen LogP contribution in [-0.4, -0.2) is 53.3 Å². The Kier molecular flexibility index (Phi) is 8.77. The number of nitrogens with one attached hydrogen (secondary N) is 2. The maximum absolute atomic E-state index is 12.6. The second-order valence-electron chi connectivity index (χ2n) is 8.02. The Hall–Kier alpha value is -3.00. The highest BCUT2D eigenvalue weighted by Crippen LogP contribution is 2.44. The second kappa shape index (κ2) is 11.7. The first-order valence-corrected chi connectivity index (χ1v) is 12.3. The summed E-state index contributed by atoms with van der Waals surface area (Å²) in [6.07, 6.45) is -0.575. The number of carboxylic acids is 1. The number of ether oxygens (including phenoxy) is 1. The molecule has 0 bridgehead atoms. The van der Waals surface area contributed by atoms with Gasteiger partial charge < -0.3 is 20.5 Å². The van der Waals surface area contributed by atoms with Crippen molar-refractivity contribution in [1.82, 2.24) is 10.6 Å². The molecule has 3 N–H and O–H groups in total. The van der Waals surface area contributed by atoms with Gasteiger partial charge in [-0.1, -0.05) is 55.5 Å². The molecule has 8 heteroatoms. The Morgan fingerprint density at radius 3 is 2.21 bits per heavy atom.